The molecule has 0 atom stereocenters. The zero-order valence-electron chi connectivity index (χ0n) is 10.0. The van der Waals surface area contributed by atoms with Crippen LogP contribution in [0, 0.1) is 5.92 Å². The lowest BCUT2D eigenvalue weighted by molar-refractivity contribution is 0.0678. The number of tetrazole rings is 1. The van der Waals surface area contributed by atoms with Crippen molar-refractivity contribution in [3.05, 3.63) is 5.82 Å². The Morgan fingerprint density at radius 1 is 1.53 bits per heavy atom. The molecule has 17 heavy (non-hydrogen) atoms. The number of likely N-dealkylation sites (tertiary alicyclic amines) is 1. The number of hydrogen-bond acceptors (Lipinski definition) is 5. The maximum atomic E-state index is 11.9. The van der Waals surface area contributed by atoms with E-state index < -0.39 is 0 Å². The number of carbonyl (C=O) groups is 1. The van der Waals surface area contributed by atoms with Crippen molar-refractivity contribution in [2.75, 3.05) is 26.2 Å². The van der Waals surface area contributed by atoms with Crippen LogP contribution in [0.25, 0.3) is 0 Å². The summed E-state index contributed by atoms with van der Waals surface area (Å²) in [6.07, 6.45) is 2.08. The van der Waals surface area contributed by atoms with Crippen LogP contribution in [-0.4, -0.2) is 57.6 Å². The maximum absolute atomic E-state index is 11.9. The summed E-state index contributed by atoms with van der Waals surface area (Å²) in [6, 6.07) is 0. The van der Waals surface area contributed by atoms with Crippen molar-refractivity contribution in [2.45, 2.75) is 19.8 Å². The van der Waals surface area contributed by atoms with Gasteiger partial charge in [0, 0.05) is 13.1 Å². The molecule has 1 aromatic rings. The van der Waals surface area contributed by atoms with Gasteiger partial charge in [0.05, 0.1) is 0 Å². The first-order chi connectivity index (χ1) is 8.31. The SMILES string of the molecule is CCNCC1CCN(C(=O)c2nn[nH]n2)CC1. The smallest absolute Gasteiger partial charge is 0.295 e. The number of aromatic nitrogens is 4. The van der Waals surface area contributed by atoms with Crippen molar-refractivity contribution in [2.24, 2.45) is 5.92 Å². The number of nitrogens with one attached hydrogen (secondary N) is 2. The highest BCUT2D eigenvalue weighted by Crippen LogP contribution is 2.17. The van der Waals surface area contributed by atoms with Gasteiger partial charge in [0.2, 0.25) is 0 Å². The highest BCUT2D eigenvalue weighted by Gasteiger charge is 2.25. The van der Waals surface area contributed by atoms with Gasteiger partial charge in [-0.05, 0) is 37.1 Å². The van der Waals surface area contributed by atoms with Crippen LogP contribution in [0.4, 0.5) is 0 Å². The van der Waals surface area contributed by atoms with Crippen LogP contribution in [0.1, 0.15) is 30.4 Å². The summed E-state index contributed by atoms with van der Waals surface area (Å²) in [5.41, 5.74) is 0. The lowest BCUT2D eigenvalue weighted by Crippen LogP contribution is -2.41. The molecule has 0 bridgehead atoms. The van der Waals surface area contributed by atoms with Gasteiger partial charge in [-0.2, -0.15) is 5.21 Å². The van der Waals surface area contributed by atoms with Gasteiger partial charge in [0.15, 0.2) is 0 Å². The van der Waals surface area contributed by atoms with Crippen LogP contribution in [-0.2, 0) is 0 Å². The second kappa shape index (κ2) is 5.72. The molecule has 1 aliphatic heterocycles. The van der Waals surface area contributed by atoms with Gasteiger partial charge in [-0.25, -0.2) is 0 Å². The molecule has 2 heterocycles. The van der Waals surface area contributed by atoms with Crippen LogP contribution < -0.4 is 5.32 Å². The van der Waals surface area contributed by atoms with Crippen LogP contribution in [0.5, 0.6) is 0 Å². The van der Waals surface area contributed by atoms with E-state index in [0.29, 0.717) is 5.92 Å². The molecule has 1 amide bonds. The molecular weight excluding hydrogens is 220 g/mol. The summed E-state index contributed by atoms with van der Waals surface area (Å²) >= 11 is 0. The Labute approximate surface area is 100.0 Å². The van der Waals surface area contributed by atoms with Crippen LogP contribution >= 0.6 is 0 Å². The predicted octanol–water partition coefficient (Wildman–Crippen LogP) is -0.339. The Kier molecular flexibility index (Phi) is 4.03. The second-order valence-corrected chi connectivity index (χ2v) is 4.28. The molecule has 1 fully saturated rings. The molecule has 7 heteroatoms. The molecule has 2 rings (SSSR count). The molecule has 7 nitrogen and oxygen atoms in total. The van der Waals surface area contributed by atoms with E-state index in [1.54, 1.807) is 4.90 Å². The third kappa shape index (κ3) is 3.00. The van der Waals surface area contributed by atoms with Gasteiger partial charge in [0.1, 0.15) is 0 Å². The molecule has 2 N–H and O–H groups in total. The normalized spacial score (nSPS) is 17.4. The summed E-state index contributed by atoms with van der Waals surface area (Å²) in [4.78, 5) is 13.7. The lowest BCUT2D eigenvalue weighted by atomic mass is 9.97. The molecule has 0 unspecified atom stereocenters. The standard InChI is InChI=1S/C10H18N6O/c1-2-11-7-8-3-5-16(6-4-8)10(17)9-12-14-15-13-9/h8,11H,2-7H2,1H3,(H,12,13,14,15). The van der Waals surface area contributed by atoms with E-state index in [1.165, 1.54) is 0 Å². The monoisotopic (exact) mass is 238 g/mol. The molecule has 1 aliphatic rings. The molecule has 0 radical (unpaired) electrons. The number of piperidine rings is 1. The Morgan fingerprint density at radius 3 is 2.88 bits per heavy atom. The summed E-state index contributed by atoms with van der Waals surface area (Å²) < 4.78 is 0. The quantitative estimate of drug-likeness (QED) is 0.749. The Balaban J connectivity index is 1.81. The topological polar surface area (TPSA) is 86.8 Å². The van der Waals surface area contributed by atoms with E-state index in [4.69, 9.17) is 0 Å². The summed E-state index contributed by atoms with van der Waals surface area (Å²) in [7, 11) is 0. The van der Waals surface area contributed by atoms with E-state index in [0.717, 1.165) is 39.0 Å². The van der Waals surface area contributed by atoms with E-state index in [9.17, 15) is 4.79 Å². The number of carbonyl (C=O) groups excluding carboxylic acids is 1. The molecular formula is C10H18N6O. The minimum absolute atomic E-state index is 0.124. The summed E-state index contributed by atoms with van der Waals surface area (Å²) in [5, 5.41) is 16.5. The first-order valence-electron chi connectivity index (χ1n) is 6.04. The van der Waals surface area contributed by atoms with Gasteiger partial charge >= 0.3 is 0 Å². The van der Waals surface area contributed by atoms with Crippen molar-refractivity contribution in [1.82, 2.24) is 30.8 Å². The lowest BCUT2D eigenvalue weighted by Gasteiger charge is -2.31. The highest BCUT2D eigenvalue weighted by atomic mass is 16.2. The van der Waals surface area contributed by atoms with Crippen LogP contribution in [0.15, 0.2) is 0 Å². The van der Waals surface area contributed by atoms with Gasteiger partial charge in [-0.15, -0.1) is 10.2 Å². The first-order valence-corrected chi connectivity index (χ1v) is 6.04. The third-order valence-electron chi connectivity index (χ3n) is 3.12. The highest BCUT2D eigenvalue weighted by molar-refractivity contribution is 5.90. The van der Waals surface area contributed by atoms with Crippen molar-refractivity contribution in [1.29, 1.82) is 0 Å². The molecule has 1 saturated heterocycles. The fourth-order valence-corrected chi connectivity index (χ4v) is 2.08. The van der Waals surface area contributed by atoms with E-state index in [2.05, 4.69) is 32.9 Å². The Morgan fingerprint density at radius 2 is 2.29 bits per heavy atom. The van der Waals surface area contributed by atoms with Crippen molar-refractivity contribution < 1.29 is 4.79 Å². The number of hydrogen-bond donors (Lipinski definition) is 2. The first kappa shape index (κ1) is 12.0. The second-order valence-electron chi connectivity index (χ2n) is 4.28. The Hall–Kier alpha value is -1.50. The van der Waals surface area contributed by atoms with E-state index in [1.807, 2.05) is 0 Å². The van der Waals surface area contributed by atoms with Gasteiger partial charge in [0.25, 0.3) is 11.7 Å². The molecule has 94 valence electrons. The minimum Gasteiger partial charge on any atom is -0.336 e. The molecule has 1 aromatic heterocycles. The molecule has 0 saturated carbocycles. The summed E-state index contributed by atoms with van der Waals surface area (Å²) in [6.45, 7) is 5.71. The molecule has 0 aromatic carbocycles. The maximum Gasteiger partial charge on any atom is 0.295 e. The molecule has 0 aliphatic carbocycles. The zero-order chi connectivity index (χ0) is 12.1. The average molecular weight is 238 g/mol. The molecule has 0 spiro atoms. The number of rotatable bonds is 4. The van der Waals surface area contributed by atoms with Gasteiger partial charge in [-0.1, -0.05) is 6.92 Å². The number of amides is 1. The van der Waals surface area contributed by atoms with E-state index >= 15 is 0 Å². The van der Waals surface area contributed by atoms with Gasteiger partial charge < -0.3 is 10.2 Å². The number of nitrogens with zero attached hydrogens (tertiary/aromatic N) is 4. The Bertz CT molecular complexity index is 344. The average Bonchev–Trinajstić information content (AvgIpc) is 2.90. The van der Waals surface area contributed by atoms with Crippen LogP contribution in [0.3, 0.4) is 0 Å². The fourth-order valence-electron chi connectivity index (χ4n) is 2.08. The number of aromatic amines is 1. The van der Waals surface area contributed by atoms with Crippen molar-refractivity contribution in [3.63, 3.8) is 0 Å². The minimum atomic E-state index is -0.124. The zero-order valence-corrected chi connectivity index (χ0v) is 10.0. The van der Waals surface area contributed by atoms with Crippen molar-refractivity contribution in [3.8, 4) is 0 Å². The van der Waals surface area contributed by atoms with Crippen molar-refractivity contribution >= 4 is 5.91 Å². The number of H-pyrrole nitrogens is 1. The largest absolute Gasteiger partial charge is 0.336 e. The van der Waals surface area contributed by atoms with Gasteiger partial charge in [-0.3, -0.25) is 4.79 Å². The van der Waals surface area contributed by atoms with E-state index in [-0.39, 0.29) is 11.7 Å². The predicted molar refractivity (Wildman–Crippen MR) is 61.3 cm³/mol. The van der Waals surface area contributed by atoms with Crippen LogP contribution in [0.2, 0.25) is 0 Å². The summed E-state index contributed by atoms with van der Waals surface area (Å²) in [5.74, 6) is 0.708. The fraction of sp³-hybridized carbons (Fsp3) is 0.800. The third-order valence-corrected chi connectivity index (χ3v) is 3.12.